The minimum atomic E-state index is 1.14. The van der Waals surface area contributed by atoms with Crippen molar-refractivity contribution in [2.45, 2.75) is 27.7 Å². The first-order valence-electron chi connectivity index (χ1n) is 12.2. The van der Waals surface area contributed by atoms with Crippen LogP contribution in [0, 0.1) is 27.7 Å². The van der Waals surface area contributed by atoms with Gasteiger partial charge in [-0.1, -0.05) is 90.0 Å². The van der Waals surface area contributed by atoms with Gasteiger partial charge < -0.3 is 4.90 Å². The van der Waals surface area contributed by atoms with E-state index in [9.17, 15) is 0 Å². The molecule has 5 aromatic rings. The molecule has 0 aliphatic rings. The minimum Gasteiger partial charge on any atom is -0.311 e. The number of para-hydroxylation sites is 1. The van der Waals surface area contributed by atoms with Crippen LogP contribution in [0.25, 0.3) is 22.3 Å². The van der Waals surface area contributed by atoms with Crippen LogP contribution in [0.2, 0.25) is 0 Å². The molecule has 0 heterocycles. The fraction of sp³-hybridized carbons (Fsp3) is 0.118. The molecule has 35 heavy (non-hydrogen) atoms. The van der Waals surface area contributed by atoms with Crippen LogP contribution in [0.15, 0.2) is 115 Å². The molecule has 0 aromatic heterocycles. The lowest BCUT2D eigenvalue weighted by Gasteiger charge is -2.26. The molecular formula is C34H31N. The van der Waals surface area contributed by atoms with Crippen LogP contribution in [-0.2, 0) is 0 Å². The van der Waals surface area contributed by atoms with E-state index in [1.807, 2.05) is 0 Å². The third kappa shape index (κ3) is 4.76. The quantitative estimate of drug-likeness (QED) is 0.256. The average Bonchev–Trinajstić information content (AvgIpc) is 2.89. The Kier molecular flexibility index (Phi) is 6.25. The van der Waals surface area contributed by atoms with Crippen molar-refractivity contribution in [3.8, 4) is 22.3 Å². The first kappa shape index (κ1) is 22.7. The number of benzene rings is 5. The summed E-state index contributed by atoms with van der Waals surface area (Å²) in [5, 5.41) is 0. The molecule has 0 aliphatic carbocycles. The zero-order chi connectivity index (χ0) is 24.4. The zero-order valence-electron chi connectivity index (χ0n) is 20.9. The Morgan fingerprint density at radius 1 is 0.400 bits per heavy atom. The van der Waals surface area contributed by atoms with Crippen molar-refractivity contribution in [2.24, 2.45) is 0 Å². The number of nitrogens with zero attached hydrogens (tertiary/aromatic N) is 1. The number of rotatable bonds is 5. The van der Waals surface area contributed by atoms with Gasteiger partial charge in [-0.15, -0.1) is 0 Å². The van der Waals surface area contributed by atoms with E-state index >= 15 is 0 Å². The van der Waals surface area contributed by atoms with Crippen LogP contribution in [0.5, 0.6) is 0 Å². The lowest BCUT2D eigenvalue weighted by molar-refractivity contribution is 1.28. The third-order valence-corrected chi connectivity index (χ3v) is 6.67. The van der Waals surface area contributed by atoms with Gasteiger partial charge in [0.2, 0.25) is 0 Å². The highest BCUT2D eigenvalue weighted by Gasteiger charge is 2.13. The molecule has 5 aromatic carbocycles. The van der Waals surface area contributed by atoms with Crippen molar-refractivity contribution in [3.05, 3.63) is 138 Å². The van der Waals surface area contributed by atoms with Gasteiger partial charge in [0.05, 0.1) is 0 Å². The van der Waals surface area contributed by atoms with E-state index in [-0.39, 0.29) is 0 Å². The molecule has 0 N–H and O–H groups in total. The molecule has 0 aliphatic heterocycles. The van der Waals surface area contributed by atoms with Crippen molar-refractivity contribution < 1.29 is 0 Å². The molecule has 1 nitrogen and oxygen atoms in total. The zero-order valence-corrected chi connectivity index (χ0v) is 20.9. The first-order valence-corrected chi connectivity index (χ1v) is 12.2. The van der Waals surface area contributed by atoms with E-state index in [0.717, 1.165) is 17.1 Å². The Bertz CT molecular complexity index is 1350. The Hall–Kier alpha value is -4.10. The van der Waals surface area contributed by atoms with Crippen molar-refractivity contribution >= 4 is 17.1 Å². The van der Waals surface area contributed by atoms with Gasteiger partial charge in [0, 0.05) is 17.1 Å². The van der Waals surface area contributed by atoms with Crippen LogP contribution >= 0.6 is 0 Å². The summed E-state index contributed by atoms with van der Waals surface area (Å²) in [6, 6.07) is 41.7. The van der Waals surface area contributed by atoms with E-state index in [2.05, 4.69) is 148 Å². The smallest absolute Gasteiger partial charge is 0.0462 e. The maximum Gasteiger partial charge on any atom is 0.0462 e. The van der Waals surface area contributed by atoms with Gasteiger partial charge in [-0.25, -0.2) is 0 Å². The van der Waals surface area contributed by atoms with Crippen LogP contribution in [0.3, 0.4) is 0 Å². The van der Waals surface area contributed by atoms with Crippen LogP contribution < -0.4 is 4.90 Å². The first-order chi connectivity index (χ1) is 17.0. The Morgan fingerprint density at radius 3 is 1.23 bits per heavy atom. The van der Waals surface area contributed by atoms with Crippen molar-refractivity contribution in [1.82, 2.24) is 0 Å². The second-order valence-electron chi connectivity index (χ2n) is 9.40. The maximum absolute atomic E-state index is 2.32. The molecule has 172 valence electrons. The summed E-state index contributed by atoms with van der Waals surface area (Å²) < 4.78 is 0. The summed E-state index contributed by atoms with van der Waals surface area (Å²) in [5.74, 6) is 0. The molecule has 0 amide bonds. The highest BCUT2D eigenvalue weighted by atomic mass is 15.1. The van der Waals surface area contributed by atoms with Crippen molar-refractivity contribution in [3.63, 3.8) is 0 Å². The summed E-state index contributed by atoms with van der Waals surface area (Å²) in [5.41, 5.74) is 13.7. The molecule has 0 saturated carbocycles. The minimum absolute atomic E-state index is 1.14. The van der Waals surface area contributed by atoms with Gasteiger partial charge in [0.15, 0.2) is 0 Å². The SMILES string of the molecule is Cc1ccc(C)c(-c2ccc(N(c3ccccc3)c3ccc(-c4cc(C)ccc4C)cc3)cc2)c1. The van der Waals surface area contributed by atoms with Crippen LogP contribution in [0.4, 0.5) is 17.1 Å². The topological polar surface area (TPSA) is 3.24 Å². The summed E-state index contributed by atoms with van der Waals surface area (Å²) >= 11 is 0. The summed E-state index contributed by atoms with van der Waals surface area (Å²) in [6.45, 7) is 8.65. The lowest BCUT2D eigenvalue weighted by Crippen LogP contribution is -2.09. The molecule has 0 unspecified atom stereocenters. The molecule has 5 rings (SSSR count). The second kappa shape index (κ2) is 9.64. The Labute approximate surface area is 209 Å². The van der Waals surface area contributed by atoms with Gasteiger partial charge in [0.25, 0.3) is 0 Å². The summed E-state index contributed by atoms with van der Waals surface area (Å²) in [4.78, 5) is 2.32. The number of hydrogen-bond acceptors (Lipinski definition) is 1. The normalized spacial score (nSPS) is 10.9. The molecule has 0 radical (unpaired) electrons. The summed E-state index contributed by atoms with van der Waals surface area (Å²) in [6.07, 6.45) is 0. The fourth-order valence-electron chi connectivity index (χ4n) is 4.70. The van der Waals surface area contributed by atoms with Crippen LogP contribution in [-0.4, -0.2) is 0 Å². The Balaban J connectivity index is 1.54. The molecule has 0 bridgehead atoms. The molecular weight excluding hydrogens is 422 g/mol. The van der Waals surface area contributed by atoms with E-state index in [1.54, 1.807) is 0 Å². The number of hydrogen-bond donors (Lipinski definition) is 0. The van der Waals surface area contributed by atoms with E-state index in [0.29, 0.717) is 0 Å². The largest absolute Gasteiger partial charge is 0.311 e. The standard InChI is InChI=1S/C34H31N/c1-24-10-12-26(3)33(22-24)28-14-18-31(19-15-28)35(30-8-6-5-7-9-30)32-20-16-29(17-21-32)34-23-25(2)11-13-27(34)4/h5-23H,1-4H3. The monoisotopic (exact) mass is 453 g/mol. The van der Waals surface area contributed by atoms with Crippen molar-refractivity contribution in [2.75, 3.05) is 4.90 Å². The predicted octanol–water partition coefficient (Wildman–Crippen LogP) is 9.72. The van der Waals surface area contributed by atoms with Gasteiger partial charge >= 0.3 is 0 Å². The van der Waals surface area contributed by atoms with Gasteiger partial charge in [-0.2, -0.15) is 0 Å². The molecule has 0 saturated heterocycles. The summed E-state index contributed by atoms with van der Waals surface area (Å²) in [7, 11) is 0. The van der Waals surface area contributed by atoms with Gasteiger partial charge in [0.1, 0.15) is 0 Å². The molecule has 0 atom stereocenters. The van der Waals surface area contributed by atoms with Crippen LogP contribution in [0.1, 0.15) is 22.3 Å². The highest BCUT2D eigenvalue weighted by Crippen LogP contribution is 2.37. The second-order valence-corrected chi connectivity index (χ2v) is 9.40. The van der Waals surface area contributed by atoms with Gasteiger partial charge in [-0.3, -0.25) is 0 Å². The molecule has 0 fully saturated rings. The maximum atomic E-state index is 2.32. The third-order valence-electron chi connectivity index (χ3n) is 6.67. The van der Waals surface area contributed by atoms with Gasteiger partial charge in [-0.05, 0) is 97.5 Å². The number of anilines is 3. The highest BCUT2D eigenvalue weighted by molar-refractivity contribution is 5.80. The van der Waals surface area contributed by atoms with Crippen molar-refractivity contribution in [1.29, 1.82) is 0 Å². The Morgan fingerprint density at radius 2 is 0.800 bits per heavy atom. The molecule has 0 spiro atoms. The average molecular weight is 454 g/mol. The van der Waals surface area contributed by atoms with E-state index in [1.165, 1.54) is 44.5 Å². The lowest BCUT2D eigenvalue weighted by atomic mass is 9.97. The number of aryl methyl sites for hydroxylation is 4. The van der Waals surface area contributed by atoms with E-state index < -0.39 is 0 Å². The van der Waals surface area contributed by atoms with E-state index in [4.69, 9.17) is 0 Å². The molecule has 1 heteroatoms. The fourth-order valence-corrected chi connectivity index (χ4v) is 4.70. The predicted molar refractivity (Wildman–Crippen MR) is 151 cm³/mol.